The van der Waals surface area contributed by atoms with Crippen molar-refractivity contribution in [1.29, 1.82) is 0 Å². The van der Waals surface area contributed by atoms with Crippen molar-refractivity contribution in [3.63, 3.8) is 0 Å². The van der Waals surface area contributed by atoms with Gasteiger partial charge in [-0.2, -0.15) is 0 Å². The molecular formula is C24H20N6O2. The van der Waals surface area contributed by atoms with E-state index in [0.29, 0.717) is 0 Å². The number of phenolic OH excluding ortho intramolecular Hbond substituents is 2. The second kappa shape index (κ2) is 12.1. The van der Waals surface area contributed by atoms with E-state index >= 15 is 0 Å². The highest BCUT2D eigenvalue weighted by atomic mass is 16.3. The van der Waals surface area contributed by atoms with Crippen molar-refractivity contribution in [3.8, 4) is 33.8 Å². The molecule has 4 heterocycles. The van der Waals surface area contributed by atoms with Gasteiger partial charge in [0.15, 0.2) is 0 Å². The topological polar surface area (TPSA) is 118 Å². The molecule has 32 heavy (non-hydrogen) atoms. The molecule has 0 radical (unpaired) electrons. The molecule has 0 saturated carbocycles. The Balaban J connectivity index is 0.000000139. The molecule has 0 atom stereocenters. The molecule has 5 rings (SSSR count). The first kappa shape index (κ1) is 22.0. The number of rotatable bonds is 2. The molecular weight excluding hydrogens is 404 g/mol. The molecule has 8 heteroatoms. The highest BCUT2D eigenvalue weighted by Gasteiger charge is 1.95. The third kappa shape index (κ3) is 7.27. The third-order valence-corrected chi connectivity index (χ3v) is 4.00. The minimum Gasteiger partial charge on any atom is -0.508 e. The van der Waals surface area contributed by atoms with Gasteiger partial charge in [0.05, 0.1) is 0 Å². The predicted octanol–water partition coefficient (Wildman–Crippen LogP) is 4.18. The number of hydrogen-bond acceptors (Lipinski definition) is 8. The van der Waals surface area contributed by atoms with Crippen LogP contribution in [0.3, 0.4) is 0 Å². The van der Waals surface area contributed by atoms with Gasteiger partial charge in [-0.05, 0) is 59.7 Å². The maximum absolute atomic E-state index is 8.65. The van der Waals surface area contributed by atoms with Gasteiger partial charge in [-0.25, -0.2) is 19.9 Å². The lowest BCUT2D eigenvalue weighted by Crippen LogP contribution is -1.81. The summed E-state index contributed by atoms with van der Waals surface area (Å²) in [4.78, 5) is 23.6. The lowest BCUT2D eigenvalue weighted by molar-refractivity contribution is 0.460. The summed E-state index contributed by atoms with van der Waals surface area (Å²) < 4.78 is 0. The number of pyridine rings is 2. The summed E-state index contributed by atoms with van der Waals surface area (Å²) in [6.07, 6.45) is 17.2. The molecule has 0 fully saturated rings. The third-order valence-electron chi connectivity index (χ3n) is 4.00. The molecule has 0 aliphatic rings. The summed E-state index contributed by atoms with van der Waals surface area (Å²) in [5, 5.41) is 17.3. The number of aromatic nitrogens is 6. The summed E-state index contributed by atoms with van der Waals surface area (Å²) in [6.45, 7) is 0. The van der Waals surface area contributed by atoms with Crippen LogP contribution in [0.25, 0.3) is 22.3 Å². The first-order chi connectivity index (χ1) is 15.7. The Morgan fingerprint density at radius 3 is 1.00 bits per heavy atom. The maximum Gasteiger partial charge on any atom is 0.115 e. The van der Waals surface area contributed by atoms with Crippen molar-refractivity contribution >= 4 is 0 Å². The largest absolute Gasteiger partial charge is 0.508 e. The Labute approximate surface area is 185 Å². The van der Waals surface area contributed by atoms with Crippen molar-refractivity contribution in [2.45, 2.75) is 0 Å². The fraction of sp³-hybridized carbons (Fsp3) is 0. The number of phenols is 2. The summed E-state index contributed by atoms with van der Waals surface area (Å²) >= 11 is 0. The molecule has 8 nitrogen and oxygen atoms in total. The quantitative estimate of drug-likeness (QED) is 0.405. The number of aromatic hydroxyl groups is 2. The molecule has 2 N–H and O–H groups in total. The van der Waals surface area contributed by atoms with E-state index in [9.17, 15) is 0 Å². The fourth-order valence-corrected chi connectivity index (χ4v) is 2.44. The minimum atomic E-state index is 0.169. The zero-order valence-corrected chi connectivity index (χ0v) is 17.0. The molecule has 0 bridgehead atoms. The van der Waals surface area contributed by atoms with Crippen molar-refractivity contribution in [2.24, 2.45) is 0 Å². The number of benzene rings is 1. The molecule has 5 aromatic rings. The summed E-state index contributed by atoms with van der Waals surface area (Å²) in [6, 6.07) is 13.4. The van der Waals surface area contributed by atoms with Crippen LogP contribution in [0.2, 0.25) is 0 Å². The van der Waals surface area contributed by atoms with E-state index in [4.69, 9.17) is 10.2 Å². The van der Waals surface area contributed by atoms with E-state index in [1.807, 2.05) is 24.3 Å². The van der Waals surface area contributed by atoms with E-state index < -0.39 is 0 Å². The number of hydrogen-bond donors (Lipinski definition) is 2. The van der Waals surface area contributed by atoms with Crippen molar-refractivity contribution < 1.29 is 10.2 Å². The molecule has 0 spiro atoms. The van der Waals surface area contributed by atoms with Gasteiger partial charge in [0.1, 0.15) is 24.2 Å². The highest BCUT2D eigenvalue weighted by molar-refractivity contribution is 5.60. The lowest BCUT2D eigenvalue weighted by atomic mass is 10.1. The van der Waals surface area contributed by atoms with E-state index in [0.717, 1.165) is 22.3 Å². The van der Waals surface area contributed by atoms with Gasteiger partial charge in [0.2, 0.25) is 0 Å². The van der Waals surface area contributed by atoms with Gasteiger partial charge in [-0.15, -0.1) is 0 Å². The smallest absolute Gasteiger partial charge is 0.115 e. The minimum absolute atomic E-state index is 0.169. The first-order valence-corrected chi connectivity index (χ1v) is 9.51. The highest BCUT2D eigenvalue weighted by Crippen LogP contribution is 2.15. The van der Waals surface area contributed by atoms with Gasteiger partial charge < -0.3 is 10.2 Å². The molecule has 0 aliphatic heterocycles. The van der Waals surface area contributed by atoms with Crippen LogP contribution in [0.1, 0.15) is 0 Å². The molecule has 158 valence electrons. The summed E-state index contributed by atoms with van der Waals surface area (Å²) in [7, 11) is 0. The Bertz CT molecular complexity index is 990. The Hall–Kier alpha value is -4.72. The molecule has 0 unspecified atom stereocenters. The molecule has 0 saturated heterocycles. The average molecular weight is 424 g/mol. The van der Waals surface area contributed by atoms with E-state index in [2.05, 4.69) is 29.9 Å². The Kier molecular flexibility index (Phi) is 8.30. The van der Waals surface area contributed by atoms with Gasteiger partial charge >= 0.3 is 0 Å². The van der Waals surface area contributed by atoms with E-state index in [1.165, 1.54) is 36.9 Å². The second-order valence-electron chi connectivity index (χ2n) is 6.24. The second-order valence-corrected chi connectivity index (χ2v) is 6.24. The van der Waals surface area contributed by atoms with Crippen molar-refractivity contribution in [2.75, 3.05) is 0 Å². The van der Waals surface area contributed by atoms with Crippen LogP contribution in [0.4, 0.5) is 0 Å². The molecule has 0 amide bonds. The van der Waals surface area contributed by atoms with Crippen molar-refractivity contribution in [3.05, 3.63) is 111 Å². The number of nitrogens with zero attached hydrogens (tertiary/aromatic N) is 6. The summed E-state index contributed by atoms with van der Waals surface area (Å²) in [5.74, 6) is 0.339. The van der Waals surface area contributed by atoms with Gasteiger partial charge in [0.25, 0.3) is 0 Å². The van der Waals surface area contributed by atoms with Crippen LogP contribution in [0.5, 0.6) is 11.5 Å². The van der Waals surface area contributed by atoms with Crippen LogP contribution >= 0.6 is 0 Å². The zero-order valence-electron chi connectivity index (χ0n) is 17.0. The van der Waals surface area contributed by atoms with Crippen LogP contribution in [-0.2, 0) is 0 Å². The SMILES string of the molecule is Oc1ccc(O)cc1.c1cc(-c2cncnc2)ccn1.c1cc(-c2cncnc2)ccn1. The maximum atomic E-state index is 8.65. The van der Waals surface area contributed by atoms with Gasteiger partial charge in [-0.3, -0.25) is 9.97 Å². The fourth-order valence-electron chi connectivity index (χ4n) is 2.44. The van der Waals surface area contributed by atoms with E-state index in [1.54, 1.807) is 49.6 Å². The first-order valence-electron chi connectivity index (χ1n) is 9.51. The lowest BCUT2D eigenvalue weighted by Gasteiger charge is -1.96. The zero-order chi connectivity index (χ0) is 22.4. The average Bonchev–Trinajstić information content (AvgIpc) is 2.89. The van der Waals surface area contributed by atoms with E-state index in [-0.39, 0.29) is 11.5 Å². The summed E-state index contributed by atoms with van der Waals surface area (Å²) in [5.41, 5.74) is 4.20. The van der Waals surface area contributed by atoms with Crippen LogP contribution in [0, 0.1) is 0 Å². The van der Waals surface area contributed by atoms with Gasteiger partial charge in [0, 0.05) is 60.7 Å². The standard InChI is InChI=1S/2C9H7N3.C6H6O2/c2*1-3-10-4-2-8(1)9-5-11-7-12-6-9;7-5-1-2-6(8)4-3-5/h2*1-7H;1-4,7-8H. The Morgan fingerprint density at radius 1 is 0.375 bits per heavy atom. The van der Waals surface area contributed by atoms with Crippen LogP contribution in [-0.4, -0.2) is 40.1 Å². The Morgan fingerprint density at radius 2 is 0.688 bits per heavy atom. The molecule has 4 aromatic heterocycles. The predicted molar refractivity (Wildman–Crippen MR) is 120 cm³/mol. The van der Waals surface area contributed by atoms with Crippen LogP contribution < -0.4 is 0 Å². The molecule has 0 aliphatic carbocycles. The normalized spacial score (nSPS) is 9.50. The van der Waals surface area contributed by atoms with Gasteiger partial charge in [-0.1, -0.05) is 0 Å². The van der Waals surface area contributed by atoms with Crippen molar-refractivity contribution in [1.82, 2.24) is 29.9 Å². The van der Waals surface area contributed by atoms with Crippen LogP contribution in [0.15, 0.2) is 111 Å². The molecule has 1 aromatic carbocycles. The monoisotopic (exact) mass is 424 g/mol.